The molecule has 0 unspecified atom stereocenters. The standard InChI is InChI=1S/C20H24ClFN4O4S/c21-16-2-1-3-17(22)15(16)12-24-7-9-25(10-8-24)20(28)18-4-5-19(27)26(23-18)14-6-11-31(29,30)13-14/h1-3,14H,4-13H2/t14-/m0/s1. The number of halogens is 2. The Hall–Kier alpha value is -2.04. The molecule has 3 heterocycles. The second-order valence-corrected chi connectivity index (χ2v) is 10.7. The third kappa shape index (κ3) is 4.91. The van der Waals surface area contributed by atoms with Crippen molar-refractivity contribution in [2.75, 3.05) is 37.7 Å². The average Bonchev–Trinajstić information content (AvgIpc) is 3.10. The number of nitrogens with zero attached hydrogens (tertiary/aromatic N) is 4. The van der Waals surface area contributed by atoms with E-state index in [2.05, 4.69) is 5.10 Å². The monoisotopic (exact) mass is 470 g/mol. The Morgan fingerprint density at radius 3 is 2.58 bits per heavy atom. The first-order chi connectivity index (χ1) is 14.7. The van der Waals surface area contributed by atoms with E-state index in [4.69, 9.17) is 11.6 Å². The van der Waals surface area contributed by atoms with Crippen LogP contribution in [0.3, 0.4) is 0 Å². The van der Waals surface area contributed by atoms with Crippen molar-refractivity contribution in [3.63, 3.8) is 0 Å². The summed E-state index contributed by atoms with van der Waals surface area (Å²) < 4.78 is 37.6. The number of carbonyl (C=O) groups is 2. The van der Waals surface area contributed by atoms with Gasteiger partial charge in [0.1, 0.15) is 11.5 Å². The van der Waals surface area contributed by atoms with Crippen molar-refractivity contribution >= 4 is 39.0 Å². The van der Waals surface area contributed by atoms with Crippen LogP contribution in [0.2, 0.25) is 5.02 Å². The summed E-state index contributed by atoms with van der Waals surface area (Å²) in [6.45, 7) is 2.40. The van der Waals surface area contributed by atoms with Crippen LogP contribution in [0, 0.1) is 5.82 Å². The van der Waals surface area contributed by atoms with Crippen molar-refractivity contribution in [1.29, 1.82) is 0 Å². The highest BCUT2D eigenvalue weighted by molar-refractivity contribution is 7.91. The molecule has 0 spiro atoms. The number of amides is 2. The lowest BCUT2D eigenvalue weighted by molar-refractivity contribution is -0.134. The average molecular weight is 471 g/mol. The quantitative estimate of drug-likeness (QED) is 0.661. The smallest absolute Gasteiger partial charge is 0.270 e. The maximum absolute atomic E-state index is 14.0. The summed E-state index contributed by atoms with van der Waals surface area (Å²) >= 11 is 6.11. The van der Waals surface area contributed by atoms with Gasteiger partial charge in [-0.2, -0.15) is 5.10 Å². The maximum atomic E-state index is 14.0. The van der Waals surface area contributed by atoms with Gasteiger partial charge in [0.2, 0.25) is 5.91 Å². The fraction of sp³-hybridized carbons (Fsp3) is 0.550. The third-order valence-corrected chi connectivity index (χ3v) is 8.07. The van der Waals surface area contributed by atoms with Crippen LogP contribution in [-0.2, 0) is 26.0 Å². The zero-order valence-corrected chi connectivity index (χ0v) is 18.5. The summed E-state index contributed by atoms with van der Waals surface area (Å²) in [6.07, 6.45) is 0.738. The number of sulfone groups is 1. The van der Waals surface area contributed by atoms with E-state index in [1.165, 1.54) is 11.1 Å². The number of rotatable bonds is 4. The van der Waals surface area contributed by atoms with Crippen molar-refractivity contribution in [2.45, 2.75) is 31.8 Å². The molecule has 168 valence electrons. The molecule has 2 fully saturated rings. The molecule has 1 atom stereocenters. The number of carbonyl (C=O) groups excluding carboxylic acids is 2. The molecule has 0 aliphatic carbocycles. The van der Waals surface area contributed by atoms with E-state index in [1.54, 1.807) is 17.0 Å². The van der Waals surface area contributed by atoms with Gasteiger partial charge in [-0.25, -0.2) is 17.8 Å². The van der Waals surface area contributed by atoms with E-state index in [1.807, 2.05) is 4.90 Å². The van der Waals surface area contributed by atoms with Crippen molar-refractivity contribution < 1.29 is 22.4 Å². The van der Waals surface area contributed by atoms with E-state index >= 15 is 0 Å². The zero-order valence-electron chi connectivity index (χ0n) is 17.0. The molecule has 1 aromatic rings. The van der Waals surface area contributed by atoms with Crippen LogP contribution in [0.4, 0.5) is 4.39 Å². The van der Waals surface area contributed by atoms with Gasteiger partial charge in [-0.15, -0.1) is 0 Å². The van der Waals surface area contributed by atoms with E-state index in [9.17, 15) is 22.4 Å². The van der Waals surface area contributed by atoms with E-state index in [0.29, 0.717) is 49.7 Å². The Balaban J connectivity index is 1.38. The molecule has 0 aromatic heterocycles. The van der Waals surface area contributed by atoms with Crippen LogP contribution in [0.5, 0.6) is 0 Å². The second kappa shape index (κ2) is 8.84. The first-order valence-electron chi connectivity index (χ1n) is 10.3. The van der Waals surface area contributed by atoms with Gasteiger partial charge in [0.05, 0.1) is 17.5 Å². The lowest BCUT2D eigenvalue weighted by Gasteiger charge is -2.36. The number of piperazine rings is 1. The number of hydrogen-bond acceptors (Lipinski definition) is 6. The summed E-state index contributed by atoms with van der Waals surface area (Å²) in [5.74, 6) is -0.900. The molecule has 4 rings (SSSR count). The molecule has 0 saturated carbocycles. The third-order valence-electron chi connectivity index (χ3n) is 5.96. The molecule has 0 radical (unpaired) electrons. The Bertz CT molecular complexity index is 1000. The number of hydrogen-bond donors (Lipinski definition) is 0. The fourth-order valence-corrected chi connectivity index (χ4v) is 6.09. The normalized spacial score (nSPS) is 24.4. The molecule has 0 N–H and O–H groups in total. The molecular formula is C20H24ClFN4O4S. The molecule has 2 amide bonds. The van der Waals surface area contributed by atoms with E-state index in [0.717, 1.165) is 0 Å². The minimum Gasteiger partial charge on any atom is -0.335 e. The number of benzene rings is 1. The Labute approximate surface area is 185 Å². The molecule has 11 heteroatoms. The molecular weight excluding hydrogens is 447 g/mol. The van der Waals surface area contributed by atoms with Crippen molar-refractivity contribution in [3.05, 3.63) is 34.6 Å². The van der Waals surface area contributed by atoms with Gasteiger partial charge in [0.25, 0.3) is 5.91 Å². The molecule has 0 bridgehead atoms. The zero-order chi connectivity index (χ0) is 22.2. The molecule has 2 saturated heterocycles. The first-order valence-corrected chi connectivity index (χ1v) is 12.5. The van der Waals surface area contributed by atoms with Crippen molar-refractivity contribution in [1.82, 2.24) is 14.8 Å². The highest BCUT2D eigenvalue weighted by Gasteiger charge is 2.38. The van der Waals surface area contributed by atoms with Gasteiger partial charge in [-0.05, 0) is 18.6 Å². The van der Waals surface area contributed by atoms with Gasteiger partial charge < -0.3 is 4.90 Å². The van der Waals surface area contributed by atoms with Crippen LogP contribution < -0.4 is 0 Å². The predicted molar refractivity (Wildman–Crippen MR) is 114 cm³/mol. The van der Waals surface area contributed by atoms with Crippen LogP contribution in [0.1, 0.15) is 24.8 Å². The van der Waals surface area contributed by atoms with Crippen LogP contribution in [0.15, 0.2) is 23.3 Å². The fourth-order valence-electron chi connectivity index (χ4n) is 4.18. The maximum Gasteiger partial charge on any atom is 0.270 e. The van der Waals surface area contributed by atoms with Gasteiger partial charge in [0.15, 0.2) is 9.84 Å². The first kappa shape index (κ1) is 22.2. The molecule has 3 aliphatic heterocycles. The minimum absolute atomic E-state index is 0.0359. The van der Waals surface area contributed by atoms with Crippen LogP contribution in [-0.4, -0.2) is 84.5 Å². The lowest BCUT2D eigenvalue weighted by atomic mass is 10.1. The topological polar surface area (TPSA) is 90.4 Å². The minimum atomic E-state index is -3.16. The second-order valence-electron chi connectivity index (χ2n) is 8.11. The summed E-state index contributed by atoms with van der Waals surface area (Å²) in [7, 11) is -3.16. The van der Waals surface area contributed by atoms with Crippen molar-refractivity contribution in [2.24, 2.45) is 5.10 Å². The van der Waals surface area contributed by atoms with Gasteiger partial charge >= 0.3 is 0 Å². The summed E-state index contributed by atoms with van der Waals surface area (Å²) in [4.78, 5) is 28.9. The molecule has 8 nitrogen and oxygen atoms in total. The SMILES string of the molecule is O=C(C1=NN([C@H]2CCS(=O)(=O)C2)C(=O)CC1)N1CCN(Cc2c(F)cccc2Cl)CC1. The highest BCUT2D eigenvalue weighted by atomic mass is 35.5. The highest BCUT2D eigenvalue weighted by Crippen LogP contribution is 2.24. The van der Waals surface area contributed by atoms with Crippen LogP contribution >= 0.6 is 11.6 Å². The predicted octanol–water partition coefficient (Wildman–Crippen LogP) is 1.29. The van der Waals surface area contributed by atoms with Crippen LogP contribution in [0.25, 0.3) is 0 Å². The summed E-state index contributed by atoms with van der Waals surface area (Å²) in [6, 6.07) is 4.11. The largest absolute Gasteiger partial charge is 0.335 e. The summed E-state index contributed by atoms with van der Waals surface area (Å²) in [5, 5.41) is 5.85. The molecule has 31 heavy (non-hydrogen) atoms. The molecule has 1 aromatic carbocycles. The Morgan fingerprint density at radius 2 is 1.94 bits per heavy atom. The van der Waals surface area contributed by atoms with Gasteiger partial charge in [-0.1, -0.05) is 17.7 Å². The summed E-state index contributed by atoms with van der Waals surface area (Å²) in [5.41, 5.74) is 0.732. The van der Waals surface area contributed by atoms with E-state index < -0.39 is 15.9 Å². The molecule has 3 aliphatic rings. The van der Waals surface area contributed by atoms with Gasteiger partial charge in [0, 0.05) is 56.2 Å². The lowest BCUT2D eigenvalue weighted by Crippen LogP contribution is -2.51. The Morgan fingerprint density at radius 1 is 1.19 bits per heavy atom. The number of hydrazone groups is 1. The van der Waals surface area contributed by atoms with Crippen molar-refractivity contribution in [3.8, 4) is 0 Å². The Kier molecular flexibility index (Phi) is 6.32. The van der Waals surface area contributed by atoms with E-state index in [-0.39, 0.29) is 47.7 Å². The van der Waals surface area contributed by atoms with Gasteiger partial charge in [-0.3, -0.25) is 14.5 Å².